The lowest BCUT2D eigenvalue weighted by atomic mass is 10.1. The largest absolute Gasteiger partial charge is 0.352 e. The van der Waals surface area contributed by atoms with Crippen LogP contribution < -0.4 is 5.32 Å². The molecule has 1 heterocycles. The highest BCUT2D eigenvalue weighted by atomic mass is 16.1. The number of carbonyl (C=O) groups is 2. The van der Waals surface area contributed by atoms with Gasteiger partial charge in [0.2, 0.25) is 0 Å². The summed E-state index contributed by atoms with van der Waals surface area (Å²) in [6, 6.07) is 3.58. The zero-order chi connectivity index (χ0) is 24.7. The molecule has 1 amide bonds. The first-order valence-corrected chi connectivity index (χ1v) is 12.6. The van der Waals surface area contributed by atoms with E-state index in [1.54, 1.807) is 12.3 Å². The van der Waals surface area contributed by atoms with E-state index in [1.807, 2.05) is 13.0 Å². The van der Waals surface area contributed by atoms with Crippen molar-refractivity contribution in [2.45, 2.75) is 78.1 Å². The molecule has 1 N–H and O–H groups in total. The fourth-order valence-corrected chi connectivity index (χ4v) is 3.10. The third-order valence-electron chi connectivity index (χ3n) is 5.08. The number of hydrogen-bond acceptors (Lipinski definition) is 3. The van der Waals surface area contributed by atoms with Gasteiger partial charge >= 0.3 is 0 Å². The first-order valence-electron chi connectivity index (χ1n) is 12.6. The Labute approximate surface area is 206 Å². The number of amides is 1. The van der Waals surface area contributed by atoms with Gasteiger partial charge < -0.3 is 5.32 Å². The third kappa shape index (κ3) is 16.6. The highest BCUT2D eigenvalue weighted by Gasteiger charge is 2.06. The summed E-state index contributed by atoms with van der Waals surface area (Å²) >= 11 is 0. The van der Waals surface area contributed by atoms with Crippen LogP contribution in [0.25, 0.3) is 0 Å². The quantitative estimate of drug-likeness (QED) is 0.183. The van der Waals surface area contributed by atoms with E-state index in [2.05, 4.69) is 78.0 Å². The van der Waals surface area contributed by atoms with Crippen molar-refractivity contribution < 1.29 is 9.59 Å². The number of rotatable bonds is 18. The van der Waals surface area contributed by atoms with Crippen LogP contribution in [-0.2, 0) is 4.79 Å². The highest BCUT2D eigenvalue weighted by molar-refractivity contribution is 5.93. The average Bonchev–Trinajstić information content (AvgIpc) is 2.84. The summed E-state index contributed by atoms with van der Waals surface area (Å²) in [7, 11) is 0. The van der Waals surface area contributed by atoms with Crippen LogP contribution in [0.15, 0.2) is 79.1 Å². The van der Waals surface area contributed by atoms with Crippen LogP contribution in [0.2, 0.25) is 0 Å². The summed E-state index contributed by atoms with van der Waals surface area (Å²) in [4.78, 5) is 28.1. The number of Topliss-reactive ketones (excluding diaryl/α,β-unsaturated/α-hetero) is 1. The molecule has 0 aliphatic heterocycles. The summed E-state index contributed by atoms with van der Waals surface area (Å²) in [5.74, 6) is 0.122. The van der Waals surface area contributed by atoms with Gasteiger partial charge in [-0.05, 0) is 70.4 Å². The zero-order valence-corrected chi connectivity index (χ0v) is 21.0. The molecule has 34 heavy (non-hydrogen) atoms. The van der Waals surface area contributed by atoms with Gasteiger partial charge in [0.15, 0.2) is 0 Å². The fraction of sp³-hybridized carbons (Fsp3) is 0.433. The third-order valence-corrected chi connectivity index (χ3v) is 5.08. The Hall–Kier alpha value is -3.01. The van der Waals surface area contributed by atoms with E-state index < -0.39 is 0 Å². The van der Waals surface area contributed by atoms with Crippen LogP contribution in [0.1, 0.15) is 87.2 Å². The van der Waals surface area contributed by atoms with Gasteiger partial charge in [0.1, 0.15) is 5.78 Å². The van der Waals surface area contributed by atoms with Crippen LogP contribution in [0.5, 0.6) is 0 Å². The van der Waals surface area contributed by atoms with Crippen molar-refractivity contribution in [1.29, 1.82) is 0 Å². The van der Waals surface area contributed by atoms with Crippen molar-refractivity contribution in [1.82, 2.24) is 10.3 Å². The molecule has 0 saturated heterocycles. The Morgan fingerprint density at radius 2 is 1.35 bits per heavy atom. The summed E-state index contributed by atoms with van der Waals surface area (Å²) in [5, 5.41) is 2.84. The Kier molecular flexibility index (Phi) is 17.6. The minimum absolute atomic E-state index is 0.140. The topological polar surface area (TPSA) is 59.1 Å². The van der Waals surface area contributed by atoms with E-state index in [1.165, 1.54) is 0 Å². The van der Waals surface area contributed by atoms with Crippen LogP contribution >= 0.6 is 0 Å². The van der Waals surface area contributed by atoms with Gasteiger partial charge in [-0.25, -0.2) is 0 Å². The monoisotopic (exact) mass is 462 g/mol. The standard InChI is InChI=1S/C30H42N2O2/c1-3-4-5-6-7-8-9-10-11-12-13-14-15-16-17-18-19-21-29(33)22-20-25-31-30(34)28-24-23-27(2)32-26-28/h4-5,7-8,10-11,13-14,16-17,23-24,26H,3,6,9,12,15,18-22,25H2,1-2H3,(H,31,34)/b5-4-,8-7-,11-10-,14-13-,17-16-. The first kappa shape index (κ1) is 29.0. The molecule has 184 valence electrons. The first-order chi connectivity index (χ1) is 16.6. The fourth-order valence-electron chi connectivity index (χ4n) is 3.10. The van der Waals surface area contributed by atoms with Gasteiger partial charge in [-0.15, -0.1) is 0 Å². The second-order valence-electron chi connectivity index (χ2n) is 8.19. The lowest BCUT2D eigenvalue weighted by molar-refractivity contribution is -0.119. The molecule has 4 nitrogen and oxygen atoms in total. The van der Waals surface area contributed by atoms with Crippen LogP contribution in [0.4, 0.5) is 0 Å². The molecule has 0 radical (unpaired) electrons. The Bertz CT molecular complexity index is 830. The Balaban J connectivity index is 1.97. The van der Waals surface area contributed by atoms with Gasteiger partial charge in [0.25, 0.3) is 5.91 Å². The molecular weight excluding hydrogens is 420 g/mol. The van der Waals surface area contributed by atoms with Crippen LogP contribution in [0, 0.1) is 6.92 Å². The molecule has 0 fully saturated rings. The molecule has 0 aromatic carbocycles. The number of nitrogens with zero attached hydrogens (tertiary/aromatic N) is 1. The molecule has 0 unspecified atom stereocenters. The van der Waals surface area contributed by atoms with Crippen molar-refractivity contribution in [2.75, 3.05) is 6.54 Å². The number of aromatic nitrogens is 1. The molecule has 4 heteroatoms. The molecule has 1 rings (SSSR count). The van der Waals surface area contributed by atoms with Gasteiger partial charge in [-0.2, -0.15) is 0 Å². The number of unbranched alkanes of at least 4 members (excludes halogenated alkanes) is 1. The number of aryl methyl sites for hydroxylation is 1. The molecule has 0 spiro atoms. The minimum Gasteiger partial charge on any atom is -0.352 e. The molecule has 0 aliphatic rings. The summed E-state index contributed by atoms with van der Waals surface area (Å²) < 4.78 is 0. The van der Waals surface area contributed by atoms with Gasteiger partial charge in [0.05, 0.1) is 5.56 Å². The van der Waals surface area contributed by atoms with Crippen LogP contribution in [0.3, 0.4) is 0 Å². The van der Waals surface area contributed by atoms with Crippen molar-refractivity contribution in [3.8, 4) is 0 Å². The van der Waals surface area contributed by atoms with Crippen LogP contribution in [-0.4, -0.2) is 23.2 Å². The second kappa shape index (κ2) is 20.6. The number of nitrogens with one attached hydrogen (secondary N) is 1. The van der Waals surface area contributed by atoms with Gasteiger partial charge in [-0.3, -0.25) is 14.6 Å². The van der Waals surface area contributed by atoms with Crippen molar-refractivity contribution in [3.63, 3.8) is 0 Å². The van der Waals surface area contributed by atoms with E-state index in [-0.39, 0.29) is 11.7 Å². The van der Waals surface area contributed by atoms with Crippen molar-refractivity contribution in [3.05, 3.63) is 90.3 Å². The Morgan fingerprint density at radius 1 is 0.794 bits per heavy atom. The van der Waals surface area contributed by atoms with E-state index in [4.69, 9.17) is 0 Å². The minimum atomic E-state index is -0.140. The maximum atomic E-state index is 12.0. The smallest absolute Gasteiger partial charge is 0.252 e. The van der Waals surface area contributed by atoms with Gasteiger partial charge in [0, 0.05) is 31.3 Å². The molecule has 0 saturated carbocycles. The molecule has 0 aliphatic carbocycles. The van der Waals surface area contributed by atoms with E-state index in [0.29, 0.717) is 31.4 Å². The van der Waals surface area contributed by atoms with Crippen molar-refractivity contribution >= 4 is 11.7 Å². The highest BCUT2D eigenvalue weighted by Crippen LogP contribution is 2.04. The predicted molar refractivity (Wildman–Crippen MR) is 144 cm³/mol. The SMILES string of the molecule is CC/C=C\C/C=C\C/C=C\C/C=C\C/C=C\CCCC(=O)CCCNC(=O)c1ccc(C)nc1. The predicted octanol–water partition coefficient (Wildman–Crippen LogP) is 7.39. The number of carbonyl (C=O) groups excluding carboxylic acids is 2. The Morgan fingerprint density at radius 3 is 1.91 bits per heavy atom. The molecule has 0 bridgehead atoms. The molecule has 0 atom stereocenters. The van der Waals surface area contributed by atoms with Crippen molar-refractivity contribution in [2.24, 2.45) is 0 Å². The molecule has 1 aromatic heterocycles. The summed E-state index contributed by atoms with van der Waals surface area (Å²) in [6.07, 6.45) is 32.1. The normalized spacial score (nSPS) is 12.2. The number of ketones is 1. The summed E-state index contributed by atoms with van der Waals surface area (Å²) in [6.45, 7) is 4.54. The molecule has 1 aromatic rings. The van der Waals surface area contributed by atoms with E-state index >= 15 is 0 Å². The zero-order valence-electron chi connectivity index (χ0n) is 21.0. The average molecular weight is 463 g/mol. The van der Waals surface area contributed by atoms with Gasteiger partial charge in [-0.1, -0.05) is 67.7 Å². The summed E-state index contributed by atoms with van der Waals surface area (Å²) in [5.41, 5.74) is 1.43. The lowest BCUT2D eigenvalue weighted by Gasteiger charge is -2.05. The number of pyridine rings is 1. The maximum Gasteiger partial charge on any atom is 0.252 e. The second-order valence-corrected chi connectivity index (χ2v) is 8.19. The van der Waals surface area contributed by atoms with E-state index in [9.17, 15) is 9.59 Å². The lowest BCUT2D eigenvalue weighted by Crippen LogP contribution is -2.25. The molecular formula is C30H42N2O2. The number of allylic oxidation sites excluding steroid dienone is 10. The number of hydrogen-bond donors (Lipinski definition) is 1. The maximum absolute atomic E-state index is 12.0. The van der Waals surface area contributed by atoms with E-state index in [0.717, 1.165) is 50.6 Å².